The summed E-state index contributed by atoms with van der Waals surface area (Å²) in [5.74, 6) is 1.18. The number of carbonyl (C=O) groups excluding carboxylic acids is 1. The van der Waals surface area contributed by atoms with E-state index in [1.165, 1.54) is 5.69 Å². The third kappa shape index (κ3) is 6.58. The molecule has 0 atom stereocenters. The Balaban J connectivity index is 1.24. The first-order valence-electron chi connectivity index (χ1n) is 13.7. The Morgan fingerprint density at radius 3 is 2.40 bits per heavy atom. The van der Waals surface area contributed by atoms with E-state index in [0.29, 0.717) is 49.9 Å². The molecular formula is C31H35N5O4. The van der Waals surface area contributed by atoms with Gasteiger partial charge in [-0.25, -0.2) is 9.97 Å². The van der Waals surface area contributed by atoms with Gasteiger partial charge in [-0.1, -0.05) is 12.1 Å². The highest BCUT2D eigenvalue weighted by atomic mass is 16.5. The number of nitrogens with zero attached hydrogens (tertiary/aromatic N) is 5. The molecule has 2 aliphatic heterocycles. The zero-order chi connectivity index (χ0) is 28.0. The molecule has 0 unspecified atom stereocenters. The van der Waals surface area contributed by atoms with Crippen LogP contribution in [-0.4, -0.2) is 80.0 Å². The fourth-order valence-electron chi connectivity index (χ4n) is 4.89. The van der Waals surface area contributed by atoms with Gasteiger partial charge in [0.25, 0.3) is 0 Å². The van der Waals surface area contributed by atoms with Gasteiger partial charge in [-0.2, -0.15) is 5.26 Å². The van der Waals surface area contributed by atoms with E-state index in [1.807, 2.05) is 30.9 Å². The maximum absolute atomic E-state index is 13.0. The number of ether oxygens (including phenoxy) is 3. The normalized spacial score (nSPS) is 15.9. The van der Waals surface area contributed by atoms with Gasteiger partial charge in [-0.15, -0.1) is 0 Å². The zero-order valence-electron chi connectivity index (χ0n) is 23.1. The van der Waals surface area contributed by atoms with E-state index in [9.17, 15) is 10.1 Å². The molecule has 9 heteroatoms. The van der Waals surface area contributed by atoms with E-state index in [1.54, 1.807) is 18.3 Å². The molecule has 40 heavy (non-hydrogen) atoms. The van der Waals surface area contributed by atoms with Gasteiger partial charge in [0.2, 0.25) is 5.91 Å². The van der Waals surface area contributed by atoms with Gasteiger partial charge in [0.15, 0.2) is 0 Å². The van der Waals surface area contributed by atoms with Crippen molar-refractivity contribution < 1.29 is 19.0 Å². The third-order valence-electron chi connectivity index (χ3n) is 7.24. The molecule has 2 aliphatic rings. The van der Waals surface area contributed by atoms with Crippen LogP contribution in [0.4, 0.5) is 5.69 Å². The van der Waals surface area contributed by atoms with Crippen LogP contribution in [-0.2, 0) is 20.7 Å². The topological polar surface area (TPSA) is 101 Å². The van der Waals surface area contributed by atoms with Crippen molar-refractivity contribution in [2.75, 3.05) is 64.1 Å². The number of rotatable bonds is 8. The molecule has 0 N–H and O–H groups in total. The predicted octanol–water partition coefficient (Wildman–Crippen LogP) is 3.71. The molecule has 0 spiro atoms. The summed E-state index contributed by atoms with van der Waals surface area (Å²) in [4.78, 5) is 26.4. The molecule has 2 aromatic carbocycles. The Hall–Kier alpha value is -4.00. The lowest BCUT2D eigenvalue weighted by Gasteiger charge is -2.34. The molecule has 2 saturated heterocycles. The maximum atomic E-state index is 13.0. The SMILES string of the molecule is CC(C)(COc1ccc(-c2ccnc(Cc3ccc(N4CCOCC4)cc3)n2)cc1C#N)C(=O)N1CCOCC1. The van der Waals surface area contributed by atoms with E-state index in [4.69, 9.17) is 19.2 Å². The first-order chi connectivity index (χ1) is 19.4. The van der Waals surface area contributed by atoms with Crippen LogP contribution in [0.25, 0.3) is 11.3 Å². The van der Waals surface area contributed by atoms with Crippen molar-refractivity contribution in [3.8, 4) is 23.1 Å². The molecule has 3 heterocycles. The van der Waals surface area contributed by atoms with Crippen LogP contribution in [0, 0.1) is 16.7 Å². The van der Waals surface area contributed by atoms with Gasteiger partial charge in [0.05, 0.1) is 43.1 Å². The van der Waals surface area contributed by atoms with Crippen LogP contribution in [0.1, 0.15) is 30.8 Å². The number of benzene rings is 2. The summed E-state index contributed by atoms with van der Waals surface area (Å²) < 4.78 is 16.8. The number of anilines is 1. The summed E-state index contributed by atoms with van der Waals surface area (Å²) in [6, 6.07) is 18.0. The highest BCUT2D eigenvalue weighted by Gasteiger charge is 2.34. The van der Waals surface area contributed by atoms with E-state index in [-0.39, 0.29) is 12.5 Å². The van der Waals surface area contributed by atoms with Crippen molar-refractivity contribution in [1.82, 2.24) is 14.9 Å². The molecule has 3 aromatic rings. The van der Waals surface area contributed by atoms with Crippen molar-refractivity contribution in [3.63, 3.8) is 0 Å². The highest BCUT2D eigenvalue weighted by molar-refractivity contribution is 5.82. The van der Waals surface area contributed by atoms with Crippen LogP contribution in [0.2, 0.25) is 0 Å². The number of nitriles is 1. The smallest absolute Gasteiger partial charge is 0.231 e. The standard InChI is InChI=1S/C31H35N5O4/c1-31(2,30(37)36-13-17-39-18-14-36)22-40-28-8-5-24(20-25(28)21-32)27-9-10-33-29(34-27)19-23-3-6-26(7-4-23)35-11-15-38-16-12-35/h3-10,20H,11-19,22H2,1-2H3. The third-order valence-corrected chi connectivity index (χ3v) is 7.24. The summed E-state index contributed by atoms with van der Waals surface area (Å²) >= 11 is 0. The highest BCUT2D eigenvalue weighted by Crippen LogP contribution is 2.28. The summed E-state index contributed by atoms with van der Waals surface area (Å²) in [6.07, 6.45) is 2.35. The first-order valence-corrected chi connectivity index (χ1v) is 13.7. The lowest BCUT2D eigenvalue weighted by Crippen LogP contribution is -2.48. The van der Waals surface area contributed by atoms with Crippen molar-refractivity contribution in [1.29, 1.82) is 5.26 Å². The Kier molecular flexibility index (Phi) is 8.58. The number of morpholine rings is 2. The molecule has 208 valence electrons. The van der Waals surface area contributed by atoms with Crippen molar-refractivity contribution in [2.45, 2.75) is 20.3 Å². The minimum atomic E-state index is -0.731. The largest absolute Gasteiger partial charge is 0.491 e. The van der Waals surface area contributed by atoms with E-state index >= 15 is 0 Å². The molecule has 0 bridgehead atoms. The molecule has 0 aliphatic carbocycles. The Morgan fingerprint density at radius 1 is 1.00 bits per heavy atom. The average Bonchev–Trinajstić information content (AvgIpc) is 3.01. The minimum absolute atomic E-state index is 0.0233. The number of amides is 1. The van der Waals surface area contributed by atoms with Gasteiger partial charge in [0, 0.05) is 50.0 Å². The molecule has 5 rings (SSSR count). The van der Waals surface area contributed by atoms with Crippen LogP contribution in [0.5, 0.6) is 5.75 Å². The van der Waals surface area contributed by atoms with Gasteiger partial charge in [0.1, 0.15) is 24.3 Å². The second-order valence-electron chi connectivity index (χ2n) is 10.7. The molecule has 0 saturated carbocycles. The predicted molar refractivity (Wildman–Crippen MR) is 151 cm³/mol. The molecule has 2 fully saturated rings. The number of carbonyl (C=O) groups is 1. The van der Waals surface area contributed by atoms with Crippen LogP contribution >= 0.6 is 0 Å². The number of hydrogen-bond acceptors (Lipinski definition) is 8. The summed E-state index contributed by atoms with van der Waals surface area (Å²) in [6.45, 7) is 9.50. The van der Waals surface area contributed by atoms with Gasteiger partial charge in [-0.05, 0) is 55.8 Å². The van der Waals surface area contributed by atoms with Gasteiger partial charge < -0.3 is 24.0 Å². The molecule has 1 aromatic heterocycles. The monoisotopic (exact) mass is 541 g/mol. The van der Waals surface area contributed by atoms with Crippen LogP contribution in [0.15, 0.2) is 54.7 Å². The fraction of sp³-hybridized carbons (Fsp3) is 0.419. The molecule has 0 radical (unpaired) electrons. The van der Waals surface area contributed by atoms with E-state index in [0.717, 1.165) is 43.1 Å². The molecule has 1 amide bonds. The van der Waals surface area contributed by atoms with E-state index < -0.39 is 5.41 Å². The summed E-state index contributed by atoms with van der Waals surface area (Å²) in [5, 5.41) is 9.84. The van der Waals surface area contributed by atoms with Gasteiger partial charge in [-0.3, -0.25) is 4.79 Å². The van der Waals surface area contributed by atoms with Crippen LogP contribution in [0.3, 0.4) is 0 Å². The van der Waals surface area contributed by atoms with Gasteiger partial charge >= 0.3 is 0 Å². The minimum Gasteiger partial charge on any atom is -0.491 e. The van der Waals surface area contributed by atoms with Crippen molar-refractivity contribution in [3.05, 3.63) is 71.7 Å². The molecular weight excluding hydrogens is 506 g/mol. The Bertz CT molecular complexity index is 1360. The molecule has 9 nitrogen and oxygen atoms in total. The lowest BCUT2D eigenvalue weighted by atomic mass is 9.92. The quantitative estimate of drug-likeness (QED) is 0.426. The average molecular weight is 542 g/mol. The number of hydrogen-bond donors (Lipinski definition) is 0. The zero-order valence-corrected chi connectivity index (χ0v) is 23.1. The summed E-state index contributed by atoms with van der Waals surface area (Å²) in [5.41, 5.74) is 3.53. The van der Waals surface area contributed by atoms with E-state index in [2.05, 4.69) is 40.2 Å². The maximum Gasteiger partial charge on any atom is 0.231 e. The van der Waals surface area contributed by atoms with Crippen molar-refractivity contribution >= 4 is 11.6 Å². The summed E-state index contributed by atoms with van der Waals surface area (Å²) in [7, 11) is 0. The fourth-order valence-corrected chi connectivity index (χ4v) is 4.89. The second-order valence-corrected chi connectivity index (χ2v) is 10.7. The Morgan fingerprint density at radius 2 is 1.70 bits per heavy atom. The number of aromatic nitrogens is 2. The lowest BCUT2D eigenvalue weighted by molar-refractivity contribution is -0.146. The first kappa shape index (κ1) is 27.6. The second kappa shape index (κ2) is 12.5. The van der Waals surface area contributed by atoms with Crippen LogP contribution < -0.4 is 9.64 Å². The Labute approximate surface area is 235 Å². The van der Waals surface area contributed by atoms with Crippen molar-refractivity contribution in [2.24, 2.45) is 5.41 Å².